The number of likely N-dealkylation sites (tertiary alicyclic amines) is 1. The molecule has 1 aromatic rings. The topological polar surface area (TPSA) is 45.2 Å². The van der Waals surface area contributed by atoms with Gasteiger partial charge in [0.15, 0.2) is 0 Å². The van der Waals surface area contributed by atoms with Crippen LogP contribution >= 0.6 is 0 Å². The molecule has 3 heterocycles. The summed E-state index contributed by atoms with van der Waals surface area (Å²) in [7, 11) is 0. The van der Waals surface area contributed by atoms with Crippen molar-refractivity contribution in [3.8, 4) is 0 Å². The van der Waals surface area contributed by atoms with Crippen LogP contribution in [0.2, 0.25) is 0 Å². The molecule has 1 amide bonds. The first kappa shape index (κ1) is 14.5. The van der Waals surface area contributed by atoms with Gasteiger partial charge < -0.3 is 10.2 Å². The summed E-state index contributed by atoms with van der Waals surface area (Å²) < 4.78 is 0. The molecule has 1 aromatic heterocycles. The Morgan fingerprint density at radius 1 is 1.33 bits per heavy atom. The molecule has 1 N–H and O–H groups in total. The first-order valence-corrected chi connectivity index (χ1v) is 8.23. The molecule has 21 heavy (non-hydrogen) atoms. The van der Waals surface area contributed by atoms with E-state index >= 15 is 0 Å². The molecule has 2 aliphatic rings. The van der Waals surface area contributed by atoms with Crippen molar-refractivity contribution < 1.29 is 4.79 Å². The van der Waals surface area contributed by atoms with Crippen molar-refractivity contribution in [2.24, 2.45) is 5.92 Å². The number of hydrogen-bond acceptors (Lipinski definition) is 3. The molecule has 1 atom stereocenters. The van der Waals surface area contributed by atoms with Crippen LogP contribution in [-0.2, 0) is 11.2 Å². The standard InChI is InChI=1S/C17H25N3O/c21-17(6-5-14-3-1-9-18-13-14)20-11-7-15(8-12-20)16-4-2-10-19-16/h1,3,9,13,15-16,19H,2,4-8,10-12H2. The van der Waals surface area contributed by atoms with Crippen LogP contribution in [0, 0.1) is 5.92 Å². The number of aryl methyl sites for hydroxylation is 1. The summed E-state index contributed by atoms with van der Waals surface area (Å²) in [6.45, 7) is 3.05. The number of carbonyl (C=O) groups excluding carboxylic acids is 1. The fourth-order valence-electron chi connectivity index (χ4n) is 3.62. The fourth-order valence-corrected chi connectivity index (χ4v) is 3.62. The van der Waals surface area contributed by atoms with Crippen LogP contribution in [0.5, 0.6) is 0 Å². The van der Waals surface area contributed by atoms with Crippen LogP contribution < -0.4 is 5.32 Å². The van der Waals surface area contributed by atoms with Crippen molar-refractivity contribution in [2.75, 3.05) is 19.6 Å². The van der Waals surface area contributed by atoms with E-state index < -0.39 is 0 Å². The minimum atomic E-state index is 0.302. The minimum absolute atomic E-state index is 0.302. The normalized spacial score (nSPS) is 23.4. The van der Waals surface area contributed by atoms with Gasteiger partial charge in [-0.15, -0.1) is 0 Å². The zero-order valence-corrected chi connectivity index (χ0v) is 12.6. The van der Waals surface area contributed by atoms with E-state index in [1.54, 1.807) is 6.20 Å². The third kappa shape index (κ3) is 3.82. The summed E-state index contributed by atoms with van der Waals surface area (Å²) in [6.07, 6.45) is 9.99. The predicted octanol–water partition coefficient (Wildman–Crippen LogP) is 2.00. The number of piperidine rings is 1. The number of pyridine rings is 1. The van der Waals surface area contributed by atoms with Gasteiger partial charge in [0.25, 0.3) is 0 Å². The third-order valence-corrected chi connectivity index (χ3v) is 4.91. The predicted molar refractivity (Wildman–Crippen MR) is 82.9 cm³/mol. The van der Waals surface area contributed by atoms with Gasteiger partial charge in [-0.25, -0.2) is 0 Å². The van der Waals surface area contributed by atoms with E-state index in [0.29, 0.717) is 18.4 Å². The molecule has 4 nitrogen and oxygen atoms in total. The minimum Gasteiger partial charge on any atom is -0.343 e. The molecule has 0 radical (unpaired) electrons. The largest absolute Gasteiger partial charge is 0.343 e. The Morgan fingerprint density at radius 2 is 2.19 bits per heavy atom. The number of aromatic nitrogens is 1. The van der Waals surface area contributed by atoms with Crippen molar-refractivity contribution in [3.05, 3.63) is 30.1 Å². The second-order valence-corrected chi connectivity index (χ2v) is 6.28. The van der Waals surface area contributed by atoms with Crippen molar-refractivity contribution in [3.63, 3.8) is 0 Å². The van der Waals surface area contributed by atoms with E-state index in [1.807, 2.05) is 18.3 Å². The number of nitrogens with zero attached hydrogens (tertiary/aromatic N) is 2. The molecular formula is C17H25N3O. The Hall–Kier alpha value is -1.42. The van der Waals surface area contributed by atoms with Crippen LogP contribution in [0.25, 0.3) is 0 Å². The number of carbonyl (C=O) groups is 1. The highest BCUT2D eigenvalue weighted by Gasteiger charge is 2.29. The van der Waals surface area contributed by atoms with Gasteiger partial charge in [0, 0.05) is 37.9 Å². The average Bonchev–Trinajstić information content (AvgIpc) is 3.08. The van der Waals surface area contributed by atoms with Gasteiger partial charge in [0.2, 0.25) is 5.91 Å². The number of nitrogens with one attached hydrogen (secondary N) is 1. The monoisotopic (exact) mass is 287 g/mol. The van der Waals surface area contributed by atoms with Crippen LogP contribution in [0.1, 0.15) is 37.7 Å². The van der Waals surface area contributed by atoms with E-state index in [0.717, 1.165) is 43.8 Å². The van der Waals surface area contributed by atoms with Gasteiger partial charge in [0.1, 0.15) is 0 Å². The SMILES string of the molecule is O=C(CCc1cccnc1)N1CCC(C2CCCN2)CC1. The Balaban J connectivity index is 1.42. The second kappa shape index (κ2) is 7.03. The highest BCUT2D eigenvalue weighted by Crippen LogP contribution is 2.25. The highest BCUT2D eigenvalue weighted by molar-refractivity contribution is 5.76. The molecule has 1 unspecified atom stereocenters. The highest BCUT2D eigenvalue weighted by atomic mass is 16.2. The summed E-state index contributed by atoms with van der Waals surface area (Å²) in [5, 5.41) is 3.61. The van der Waals surface area contributed by atoms with E-state index in [-0.39, 0.29) is 0 Å². The quantitative estimate of drug-likeness (QED) is 0.921. The molecule has 3 rings (SSSR count). The average molecular weight is 287 g/mol. The first-order chi connectivity index (χ1) is 10.3. The maximum absolute atomic E-state index is 12.3. The summed E-state index contributed by atoms with van der Waals surface area (Å²) in [4.78, 5) is 18.4. The molecule has 114 valence electrons. The molecule has 0 bridgehead atoms. The molecule has 0 spiro atoms. The Kier molecular flexibility index (Phi) is 4.86. The van der Waals surface area contributed by atoms with Gasteiger partial charge in [-0.2, -0.15) is 0 Å². The Labute approximate surface area is 126 Å². The van der Waals surface area contributed by atoms with E-state index in [2.05, 4.69) is 15.2 Å². The summed E-state index contributed by atoms with van der Waals surface area (Å²) in [5.74, 6) is 1.08. The zero-order chi connectivity index (χ0) is 14.5. The first-order valence-electron chi connectivity index (χ1n) is 8.23. The maximum Gasteiger partial charge on any atom is 0.222 e. The zero-order valence-electron chi connectivity index (χ0n) is 12.6. The summed E-state index contributed by atoms with van der Waals surface area (Å²) >= 11 is 0. The van der Waals surface area contributed by atoms with Crippen molar-refractivity contribution in [2.45, 2.75) is 44.6 Å². The Morgan fingerprint density at radius 3 is 2.86 bits per heavy atom. The molecule has 4 heteroatoms. The molecule has 2 fully saturated rings. The van der Waals surface area contributed by atoms with Crippen LogP contribution in [-0.4, -0.2) is 41.5 Å². The van der Waals surface area contributed by atoms with Crippen molar-refractivity contribution in [1.29, 1.82) is 0 Å². The van der Waals surface area contributed by atoms with Gasteiger partial charge >= 0.3 is 0 Å². The van der Waals surface area contributed by atoms with Gasteiger partial charge in [-0.3, -0.25) is 9.78 Å². The third-order valence-electron chi connectivity index (χ3n) is 4.91. The van der Waals surface area contributed by atoms with Gasteiger partial charge in [-0.1, -0.05) is 6.07 Å². The van der Waals surface area contributed by atoms with Crippen molar-refractivity contribution >= 4 is 5.91 Å². The second-order valence-electron chi connectivity index (χ2n) is 6.28. The van der Waals surface area contributed by atoms with Crippen LogP contribution in [0.15, 0.2) is 24.5 Å². The van der Waals surface area contributed by atoms with Crippen LogP contribution in [0.4, 0.5) is 0 Å². The smallest absolute Gasteiger partial charge is 0.222 e. The number of amides is 1. The van der Waals surface area contributed by atoms with E-state index in [1.165, 1.54) is 19.4 Å². The fraction of sp³-hybridized carbons (Fsp3) is 0.647. The van der Waals surface area contributed by atoms with E-state index in [4.69, 9.17) is 0 Å². The maximum atomic E-state index is 12.3. The number of hydrogen-bond donors (Lipinski definition) is 1. The number of rotatable bonds is 4. The molecule has 0 saturated carbocycles. The molecule has 2 aliphatic heterocycles. The molecular weight excluding hydrogens is 262 g/mol. The summed E-state index contributed by atoms with van der Waals surface area (Å²) in [6, 6.07) is 4.68. The lowest BCUT2D eigenvalue weighted by Gasteiger charge is -2.35. The van der Waals surface area contributed by atoms with Crippen molar-refractivity contribution in [1.82, 2.24) is 15.2 Å². The lowest BCUT2D eigenvalue weighted by Crippen LogP contribution is -2.43. The molecule has 2 saturated heterocycles. The van der Waals surface area contributed by atoms with Crippen LogP contribution in [0.3, 0.4) is 0 Å². The lowest BCUT2D eigenvalue weighted by molar-refractivity contribution is -0.132. The van der Waals surface area contributed by atoms with E-state index in [9.17, 15) is 4.79 Å². The summed E-state index contributed by atoms with van der Waals surface area (Å²) in [5.41, 5.74) is 1.15. The van der Waals surface area contributed by atoms with Gasteiger partial charge in [0.05, 0.1) is 0 Å². The molecule has 0 aliphatic carbocycles. The lowest BCUT2D eigenvalue weighted by atomic mass is 9.88. The van der Waals surface area contributed by atoms with Gasteiger partial charge in [-0.05, 0) is 56.2 Å². The molecule has 0 aromatic carbocycles. The Bertz CT molecular complexity index is 448.